The number of ether oxygens (including phenoxy) is 1. The van der Waals surface area contributed by atoms with E-state index in [2.05, 4.69) is 0 Å². The third-order valence-corrected chi connectivity index (χ3v) is 2.06. The number of carboxylic acids is 1. The van der Waals surface area contributed by atoms with E-state index in [0.29, 0.717) is 11.0 Å². The fraction of sp³-hybridized carbons (Fsp3) is 0.0909. The minimum absolute atomic E-state index is 0.0221. The first-order valence-corrected chi connectivity index (χ1v) is 4.51. The number of rotatable bonds is 2. The maximum absolute atomic E-state index is 11.1. The van der Waals surface area contributed by atoms with Gasteiger partial charge in [-0.25, -0.2) is 4.79 Å². The van der Waals surface area contributed by atoms with Crippen LogP contribution >= 0.6 is 0 Å². The topological polar surface area (TPSA) is 76.7 Å². The normalized spacial score (nSPS) is 10.3. The van der Waals surface area contributed by atoms with Gasteiger partial charge in [0.1, 0.15) is 16.9 Å². The van der Waals surface area contributed by atoms with Crippen molar-refractivity contribution in [3.05, 3.63) is 30.0 Å². The van der Waals surface area contributed by atoms with Crippen LogP contribution in [0.5, 0.6) is 5.75 Å². The number of carbonyl (C=O) groups is 2. The van der Waals surface area contributed by atoms with Gasteiger partial charge in [-0.05, 0) is 18.2 Å². The summed E-state index contributed by atoms with van der Waals surface area (Å²) in [5.74, 6) is -1.71. The van der Waals surface area contributed by atoms with Crippen molar-refractivity contribution in [2.24, 2.45) is 0 Å². The van der Waals surface area contributed by atoms with Crippen LogP contribution in [0, 0.1) is 0 Å². The lowest BCUT2D eigenvalue weighted by Gasteiger charge is -2.05. The highest BCUT2D eigenvalue weighted by Crippen LogP contribution is 2.28. The van der Waals surface area contributed by atoms with E-state index in [0.717, 1.165) is 0 Å². The molecule has 0 fully saturated rings. The third-order valence-electron chi connectivity index (χ3n) is 2.06. The second-order valence-corrected chi connectivity index (χ2v) is 3.17. The molecule has 0 saturated heterocycles. The van der Waals surface area contributed by atoms with E-state index in [1.165, 1.54) is 25.3 Å². The summed E-state index contributed by atoms with van der Waals surface area (Å²) in [7, 11) is 0. The number of fused-ring (bicyclic) bond motifs is 1. The Hall–Kier alpha value is -2.30. The molecule has 0 unspecified atom stereocenters. The highest BCUT2D eigenvalue weighted by molar-refractivity contribution is 6.05. The lowest BCUT2D eigenvalue weighted by molar-refractivity contribution is -0.131. The van der Waals surface area contributed by atoms with Gasteiger partial charge in [0, 0.05) is 12.3 Å². The Bertz CT molecular complexity index is 567. The Balaban J connectivity index is 2.68. The van der Waals surface area contributed by atoms with Gasteiger partial charge >= 0.3 is 11.9 Å². The summed E-state index contributed by atoms with van der Waals surface area (Å²) in [6.45, 7) is 1.21. The summed E-state index contributed by atoms with van der Waals surface area (Å²) in [6.07, 6.45) is 1.38. The summed E-state index contributed by atoms with van der Waals surface area (Å²) in [6, 6.07) is 4.47. The van der Waals surface area contributed by atoms with Crippen LogP contribution in [0.3, 0.4) is 0 Å². The SMILES string of the molecule is CC(=O)Oc1ccc2occc2c1C(=O)O. The summed E-state index contributed by atoms with van der Waals surface area (Å²) in [5.41, 5.74) is 0.370. The minimum atomic E-state index is -1.16. The fourth-order valence-corrected chi connectivity index (χ4v) is 1.48. The molecule has 1 N–H and O–H groups in total. The number of hydrogen-bond donors (Lipinski definition) is 1. The van der Waals surface area contributed by atoms with Crippen molar-refractivity contribution < 1.29 is 23.8 Å². The van der Waals surface area contributed by atoms with Crippen LogP contribution in [-0.2, 0) is 4.79 Å². The van der Waals surface area contributed by atoms with Crippen LogP contribution in [-0.4, -0.2) is 17.0 Å². The number of carboxylic acid groups (broad SMARTS) is 1. The van der Waals surface area contributed by atoms with Crippen molar-refractivity contribution in [3.8, 4) is 5.75 Å². The Morgan fingerprint density at radius 3 is 2.69 bits per heavy atom. The molecule has 1 aromatic carbocycles. The molecule has 0 aliphatic heterocycles. The lowest BCUT2D eigenvalue weighted by atomic mass is 10.1. The summed E-state index contributed by atoms with van der Waals surface area (Å²) >= 11 is 0. The molecule has 0 aliphatic rings. The van der Waals surface area contributed by atoms with E-state index in [1.54, 1.807) is 6.07 Å². The van der Waals surface area contributed by atoms with Crippen LogP contribution in [0.1, 0.15) is 17.3 Å². The molecular formula is C11H8O5. The Labute approximate surface area is 90.2 Å². The first-order valence-electron chi connectivity index (χ1n) is 4.51. The van der Waals surface area contributed by atoms with E-state index >= 15 is 0 Å². The molecule has 2 aromatic rings. The Morgan fingerprint density at radius 1 is 1.31 bits per heavy atom. The van der Waals surface area contributed by atoms with Crippen LogP contribution in [0.2, 0.25) is 0 Å². The van der Waals surface area contributed by atoms with E-state index in [-0.39, 0.29) is 11.3 Å². The zero-order chi connectivity index (χ0) is 11.7. The van der Waals surface area contributed by atoms with Crippen molar-refractivity contribution in [3.63, 3.8) is 0 Å². The summed E-state index contributed by atoms with van der Waals surface area (Å²) < 4.78 is 9.89. The average molecular weight is 220 g/mol. The predicted molar refractivity (Wildman–Crippen MR) is 54.5 cm³/mol. The van der Waals surface area contributed by atoms with E-state index in [1.807, 2.05) is 0 Å². The molecule has 0 spiro atoms. The molecule has 2 rings (SSSR count). The van der Waals surface area contributed by atoms with Gasteiger partial charge in [0.05, 0.1) is 6.26 Å². The second-order valence-electron chi connectivity index (χ2n) is 3.17. The third kappa shape index (κ3) is 1.63. The Morgan fingerprint density at radius 2 is 2.06 bits per heavy atom. The molecule has 0 bridgehead atoms. The van der Waals surface area contributed by atoms with Crippen molar-refractivity contribution in [1.82, 2.24) is 0 Å². The summed E-state index contributed by atoms with van der Waals surface area (Å²) in [5, 5.41) is 9.47. The Kier molecular flexibility index (Phi) is 2.36. The van der Waals surface area contributed by atoms with Crippen molar-refractivity contribution in [2.45, 2.75) is 6.92 Å². The molecule has 0 atom stereocenters. The van der Waals surface area contributed by atoms with Crippen LogP contribution in [0.15, 0.2) is 28.9 Å². The van der Waals surface area contributed by atoms with Gasteiger partial charge in [0.25, 0.3) is 0 Å². The van der Waals surface area contributed by atoms with Crippen LogP contribution in [0.4, 0.5) is 0 Å². The molecule has 16 heavy (non-hydrogen) atoms. The van der Waals surface area contributed by atoms with E-state index < -0.39 is 11.9 Å². The first-order chi connectivity index (χ1) is 7.59. The van der Waals surface area contributed by atoms with Gasteiger partial charge in [0.2, 0.25) is 0 Å². The zero-order valence-corrected chi connectivity index (χ0v) is 8.39. The number of benzene rings is 1. The molecule has 1 aromatic heterocycles. The molecule has 82 valence electrons. The number of furan rings is 1. The number of aromatic carboxylic acids is 1. The van der Waals surface area contributed by atoms with E-state index in [4.69, 9.17) is 14.3 Å². The number of carbonyl (C=O) groups excluding carboxylic acids is 1. The zero-order valence-electron chi connectivity index (χ0n) is 8.39. The van der Waals surface area contributed by atoms with Gasteiger partial charge in [-0.2, -0.15) is 0 Å². The van der Waals surface area contributed by atoms with Gasteiger partial charge in [-0.15, -0.1) is 0 Å². The molecule has 0 aliphatic carbocycles. The fourth-order valence-electron chi connectivity index (χ4n) is 1.48. The minimum Gasteiger partial charge on any atom is -0.478 e. The van der Waals surface area contributed by atoms with Gasteiger partial charge < -0.3 is 14.3 Å². The maximum atomic E-state index is 11.1. The summed E-state index contributed by atoms with van der Waals surface area (Å²) in [4.78, 5) is 21.9. The monoisotopic (exact) mass is 220 g/mol. The van der Waals surface area contributed by atoms with Gasteiger partial charge in [-0.3, -0.25) is 4.79 Å². The number of hydrogen-bond acceptors (Lipinski definition) is 4. The predicted octanol–water partition coefficient (Wildman–Crippen LogP) is 2.06. The highest BCUT2D eigenvalue weighted by atomic mass is 16.5. The molecule has 0 radical (unpaired) electrons. The lowest BCUT2D eigenvalue weighted by Crippen LogP contribution is -2.07. The molecule has 0 saturated carbocycles. The largest absolute Gasteiger partial charge is 0.478 e. The molecule has 5 heteroatoms. The van der Waals surface area contributed by atoms with Gasteiger partial charge in [0.15, 0.2) is 0 Å². The average Bonchev–Trinajstić information content (AvgIpc) is 2.63. The standard InChI is InChI=1S/C11H8O5/c1-6(12)16-9-3-2-8-7(4-5-15-8)10(9)11(13)14/h2-5H,1H3,(H,13,14). The van der Waals surface area contributed by atoms with Gasteiger partial charge in [-0.1, -0.05) is 0 Å². The van der Waals surface area contributed by atoms with Crippen LogP contribution < -0.4 is 4.74 Å². The van der Waals surface area contributed by atoms with Crippen molar-refractivity contribution in [2.75, 3.05) is 0 Å². The first kappa shape index (κ1) is 10.2. The highest BCUT2D eigenvalue weighted by Gasteiger charge is 2.18. The van der Waals surface area contributed by atoms with E-state index in [9.17, 15) is 9.59 Å². The number of esters is 1. The van der Waals surface area contributed by atoms with Crippen molar-refractivity contribution in [1.29, 1.82) is 0 Å². The second kappa shape index (κ2) is 3.69. The van der Waals surface area contributed by atoms with Crippen molar-refractivity contribution >= 4 is 22.9 Å². The smallest absolute Gasteiger partial charge is 0.340 e. The molecule has 0 amide bonds. The molecule has 1 heterocycles. The van der Waals surface area contributed by atoms with Crippen LogP contribution in [0.25, 0.3) is 11.0 Å². The molecular weight excluding hydrogens is 212 g/mol. The molecule has 5 nitrogen and oxygen atoms in total. The quantitative estimate of drug-likeness (QED) is 0.619. The maximum Gasteiger partial charge on any atom is 0.340 e.